The SMILES string of the molecule is C=C(C)C(=O)N(C(=O)C(F)(F)F)C(F)(F)F. The highest BCUT2D eigenvalue weighted by Crippen LogP contribution is 2.29. The van der Waals surface area contributed by atoms with Gasteiger partial charge in [0.1, 0.15) is 0 Å². The van der Waals surface area contributed by atoms with Crippen LogP contribution in [-0.4, -0.2) is 29.2 Å². The second kappa shape index (κ2) is 4.14. The van der Waals surface area contributed by atoms with Gasteiger partial charge in [0.05, 0.1) is 0 Å². The van der Waals surface area contributed by atoms with Crippen LogP contribution < -0.4 is 0 Å². The van der Waals surface area contributed by atoms with E-state index < -0.39 is 34.8 Å². The molecule has 0 saturated carbocycles. The molecule has 9 heteroatoms. The Labute approximate surface area is 85.3 Å². The van der Waals surface area contributed by atoms with Gasteiger partial charge in [0, 0.05) is 5.57 Å². The molecule has 3 nitrogen and oxygen atoms in total. The first kappa shape index (κ1) is 14.5. The summed E-state index contributed by atoms with van der Waals surface area (Å²) in [6.45, 7) is 3.50. The van der Waals surface area contributed by atoms with E-state index in [2.05, 4.69) is 6.58 Å². The van der Waals surface area contributed by atoms with Crippen LogP contribution >= 0.6 is 0 Å². The van der Waals surface area contributed by atoms with Crippen molar-refractivity contribution in [1.82, 2.24) is 4.90 Å². The van der Waals surface area contributed by atoms with E-state index in [0.717, 1.165) is 6.92 Å². The lowest BCUT2D eigenvalue weighted by Gasteiger charge is -2.23. The van der Waals surface area contributed by atoms with E-state index in [1.54, 1.807) is 0 Å². The molecule has 0 radical (unpaired) electrons. The molecule has 0 atom stereocenters. The Balaban J connectivity index is 5.38. The normalized spacial score (nSPS) is 12.2. The summed E-state index contributed by atoms with van der Waals surface area (Å²) in [4.78, 5) is 19.3. The fraction of sp³-hybridized carbons (Fsp3) is 0.429. The van der Waals surface area contributed by atoms with Gasteiger partial charge in [-0.2, -0.15) is 18.1 Å². The second-order valence-electron chi connectivity index (χ2n) is 2.69. The van der Waals surface area contributed by atoms with Crippen LogP contribution in [0.3, 0.4) is 0 Å². The number of hydrogen-bond acceptors (Lipinski definition) is 2. The van der Waals surface area contributed by atoms with E-state index in [-0.39, 0.29) is 0 Å². The highest BCUT2D eigenvalue weighted by molar-refractivity contribution is 6.05. The van der Waals surface area contributed by atoms with Gasteiger partial charge in [-0.3, -0.25) is 9.59 Å². The Kier molecular flexibility index (Phi) is 3.74. The molecular weight excluding hydrogens is 244 g/mol. The predicted octanol–water partition coefficient (Wildman–Crippen LogP) is 2.00. The van der Waals surface area contributed by atoms with Crippen LogP contribution in [-0.2, 0) is 9.59 Å². The van der Waals surface area contributed by atoms with Gasteiger partial charge in [-0.15, -0.1) is 13.2 Å². The Morgan fingerprint density at radius 3 is 1.62 bits per heavy atom. The largest absolute Gasteiger partial charge is 0.494 e. The summed E-state index contributed by atoms with van der Waals surface area (Å²) in [5.74, 6) is -5.44. The zero-order valence-electron chi connectivity index (χ0n) is 7.74. The maximum absolute atomic E-state index is 12.1. The highest BCUT2D eigenvalue weighted by Gasteiger charge is 2.55. The number of hydrogen-bond donors (Lipinski definition) is 0. The van der Waals surface area contributed by atoms with Gasteiger partial charge in [-0.05, 0) is 6.92 Å². The Morgan fingerprint density at radius 2 is 1.44 bits per heavy atom. The van der Waals surface area contributed by atoms with Gasteiger partial charge >= 0.3 is 18.4 Å². The van der Waals surface area contributed by atoms with Crippen LogP contribution in [0.15, 0.2) is 12.2 Å². The summed E-state index contributed by atoms with van der Waals surface area (Å²) in [7, 11) is 0. The van der Waals surface area contributed by atoms with Crippen molar-refractivity contribution in [3.05, 3.63) is 12.2 Å². The average Bonchev–Trinajstić information content (AvgIpc) is 1.99. The maximum Gasteiger partial charge on any atom is 0.494 e. The molecule has 0 aliphatic carbocycles. The molecule has 2 amide bonds. The van der Waals surface area contributed by atoms with Crippen molar-refractivity contribution >= 4 is 11.8 Å². The Morgan fingerprint density at radius 1 is 1.06 bits per heavy atom. The molecular formula is C7H5F6NO2. The van der Waals surface area contributed by atoms with Crippen LogP contribution in [0.5, 0.6) is 0 Å². The van der Waals surface area contributed by atoms with Crippen molar-refractivity contribution in [3.8, 4) is 0 Å². The van der Waals surface area contributed by atoms with Gasteiger partial charge in [0.25, 0.3) is 5.91 Å². The zero-order chi connectivity index (χ0) is 13.3. The first-order chi connectivity index (χ1) is 6.89. The molecule has 0 unspecified atom stereocenters. The highest BCUT2D eigenvalue weighted by atomic mass is 19.4. The van der Waals surface area contributed by atoms with Gasteiger partial charge in [-0.1, -0.05) is 6.58 Å². The van der Waals surface area contributed by atoms with E-state index in [9.17, 15) is 35.9 Å². The molecule has 16 heavy (non-hydrogen) atoms. The quantitative estimate of drug-likeness (QED) is 0.405. The average molecular weight is 249 g/mol. The summed E-state index contributed by atoms with van der Waals surface area (Å²) in [5.41, 5.74) is -0.838. The summed E-state index contributed by atoms with van der Waals surface area (Å²) >= 11 is 0. The number of imide groups is 1. The van der Waals surface area contributed by atoms with Crippen molar-refractivity contribution in [3.63, 3.8) is 0 Å². The van der Waals surface area contributed by atoms with Gasteiger partial charge in [-0.25, -0.2) is 0 Å². The van der Waals surface area contributed by atoms with E-state index >= 15 is 0 Å². The second-order valence-corrected chi connectivity index (χ2v) is 2.69. The smallest absolute Gasteiger partial charge is 0.269 e. The third kappa shape index (κ3) is 3.24. The molecule has 0 aliphatic heterocycles. The van der Waals surface area contributed by atoms with Gasteiger partial charge in [0.2, 0.25) is 0 Å². The Bertz CT molecular complexity index is 329. The first-order valence-corrected chi connectivity index (χ1v) is 3.57. The lowest BCUT2D eigenvalue weighted by atomic mass is 10.3. The van der Waals surface area contributed by atoms with E-state index in [1.165, 1.54) is 0 Å². The number of halogens is 6. The number of rotatable bonds is 1. The lowest BCUT2D eigenvalue weighted by molar-refractivity contribution is -0.254. The van der Waals surface area contributed by atoms with Crippen LogP contribution in [0, 0.1) is 0 Å². The van der Waals surface area contributed by atoms with E-state index in [1.807, 2.05) is 0 Å². The minimum atomic E-state index is -5.79. The summed E-state index contributed by atoms with van der Waals surface area (Å²) in [5, 5.41) is 0. The van der Waals surface area contributed by atoms with Crippen molar-refractivity contribution in [1.29, 1.82) is 0 Å². The summed E-state index contributed by atoms with van der Waals surface area (Å²) in [6.07, 6.45) is -11.5. The fourth-order valence-corrected chi connectivity index (χ4v) is 0.640. The molecule has 0 aromatic heterocycles. The third-order valence-corrected chi connectivity index (χ3v) is 1.27. The molecule has 0 fully saturated rings. The fourth-order valence-electron chi connectivity index (χ4n) is 0.640. The number of amides is 2. The molecule has 0 spiro atoms. The third-order valence-electron chi connectivity index (χ3n) is 1.27. The molecule has 92 valence electrons. The van der Waals surface area contributed by atoms with Gasteiger partial charge in [0.15, 0.2) is 0 Å². The topological polar surface area (TPSA) is 37.4 Å². The number of carbonyl (C=O) groups is 2. The van der Waals surface area contributed by atoms with Crippen LogP contribution in [0.25, 0.3) is 0 Å². The molecule has 0 aliphatic rings. The minimum absolute atomic E-state index is 0.755. The molecule has 0 aromatic carbocycles. The number of nitrogens with zero attached hydrogens (tertiary/aromatic N) is 1. The first-order valence-electron chi connectivity index (χ1n) is 3.57. The van der Waals surface area contributed by atoms with Crippen molar-refractivity contribution < 1.29 is 35.9 Å². The molecule has 0 heterocycles. The van der Waals surface area contributed by atoms with Crippen LogP contribution in [0.2, 0.25) is 0 Å². The van der Waals surface area contributed by atoms with Crippen molar-refractivity contribution in [2.45, 2.75) is 19.4 Å². The predicted molar refractivity (Wildman–Crippen MR) is 38.8 cm³/mol. The summed E-state index contributed by atoms with van der Waals surface area (Å²) in [6, 6.07) is 0. The Hall–Kier alpha value is -1.54. The van der Waals surface area contributed by atoms with Crippen molar-refractivity contribution in [2.24, 2.45) is 0 Å². The number of carbonyl (C=O) groups excluding carboxylic acids is 2. The molecule has 0 rings (SSSR count). The zero-order valence-corrected chi connectivity index (χ0v) is 7.74. The summed E-state index contributed by atoms with van der Waals surface area (Å²) < 4.78 is 71.5. The van der Waals surface area contributed by atoms with Gasteiger partial charge < -0.3 is 0 Å². The molecule has 0 N–H and O–H groups in total. The minimum Gasteiger partial charge on any atom is -0.269 e. The maximum atomic E-state index is 12.1. The number of alkyl halides is 6. The van der Waals surface area contributed by atoms with Crippen LogP contribution in [0.4, 0.5) is 26.3 Å². The molecule has 0 bridgehead atoms. The molecule has 0 saturated heterocycles. The van der Waals surface area contributed by atoms with E-state index in [4.69, 9.17) is 0 Å². The standard InChI is InChI=1S/C7H5F6NO2/c1-3(2)4(15)14(7(11,12)13)5(16)6(8,9)10/h1H2,2H3. The monoisotopic (exact) mass is 249 g/mol. The molecule has 0 aromatic rings. The van der Waals surface area contributed by atoms with Crippen LogP contribution in [0.1, 0.15) is 6.92 Å². The van der Waals surface area contributed by atoms with E-state index in [0.29, 0.717) is 0 Å². The van der Waals surface area contributed by atoms with Crippen molar-refractivity contribution in [2.75, 3.05) is 0 Å². The lowest BCUT2D eigenvalue weighted by Crippen LogP contribution is -2.52.